The highest BCUT2D eigenvalue weighted by Crippen LogP contribution is 2.35. The van der Waals surface area contributed by atoms with E-state index in [1.54, 1.807) is 17.0 Å². The lowest BCUT2D eigenvalue weighted by atomic mass is 9.80. The van der Waals surface area contributed by atoms with Crippen LogP contribution in [0.15, 0.2) is 36.9 Å². The Morgan fingerprint density at radius 3 is 2.62 bits per heavy atom. The third-order valence-corrected chi connectivity index (χ3v) is 4.47. The minimum Gasteiger partial charge on any atom is -0.338 e. The van der Waals surface area contributed by atoms with E-state index in [1.165, 1.54) is 0 Å². The number of hydrogen-bond donors (Lipinski definition) is 1. The van der Waals surface area contributed by atoms with Gasteiger partial charge in [0.05, 0.1) is 11.3 Å². The van der Waals surface area contributed by atoms with Crippen LogP contribution in [0.5, 0.6) is 0 Å². The molecule has 1 saturated carbocycles. The molecule has 21 heavy (non-hydrogen) atoms. The Bertz CT molecular complexity index is 588. The fraction of sp³-hybridized carbons (Fsp3) is 0.412. The summed E-state index contributed by atoms with van der Waals surface area (Å²) in [6.45, 7) is 4.17. The third-order valence-electron chi connectivity index (χ3n) is 4.47. The summed E-state index contributed by atoms with van der Waals surface area (Å²) in [7, 11) is 0. The van der Waals surface area contributed by atoms with Crippen LogP contribution in [0.3, 0.4) is 0 Å². The molecule has 4 heteroatoms. The molecule has 110 valence electrons. The molecule has 1 fully saturated rings. The molecule has 1 aliphatic carbocycles. The van der Waals surface area contributed by atoms with E-state index in [0.29, 0.717) is 17.8 Å². The van der Waals surface area contributed by atoms with Crippen molar-refractivity contribution in [2.45, 2.75) is 37.6 Å². The van der Waals surface area contributed by atoms with E-state index in [2.05, 4.69) is 11.9 Å². The van der Waals surface area contributed by atoms with Crippen LogP contribution in [0.1, 0.15) is 42.5 Å². The molecular weight excluding hydrogens is 264 g/mol. The van der Waals surface area contributed by atoms with Gasteiger partial charge in [0.15, 0.2) is 0 Å². The van der Waals surface area contributed by atoms with Crippen LogP contribution >= 0.6 is 0 Å². The van der Waals surface area contributed by atoms with E-state index >= 15 is 0 Å². The molecule has 0 atom stereocenters. The molecule has 2 aliphatic rings. The van der Waals surface area contributed by atoms with Gasteiger partial charge < -0.3 is 10.2 Å². The lowest BCUT2D eigenvalue weighted by Crippen LogP contribution is -2.59. The molecule has 0 radical (unpaired) electrons. The Hall–Kier alpha value is -2.10. The highest BCUT2D eigenvalue weighted by Gasteiger charge is 2.46. The number of nitrogens with zero attached hydrogens (tertiary/aromatic N) is 1. The third kappa shape index (κ3) is 2.24. The molecule has 0 unspecified atom stereocenters. The summed E-state index contributed by atoms with van der Waals surface area (Å²) >= 11 is 0. The average Bonchev–Trinajstić information content (AvgIpc) is 2.59. The van der Waals surface area contributed by atoms with Crippen LogP contribution in [-0.4, -0.2) is 23.9 Å². The second-order valence-electron chi connectivity index (χ2n) is 5.82. The summed E-state index contributed by atoms with van der Waals surface area (Å²) in [5, 5.41) is 3.02. The minimum atomic E-state index is -0.739. The molecule has 1 aromatic carbocycles. The smallest absolute Gasteiger partial charge is 0.254 e. The molecule has 0 saturated heterocycles. The molecule has 1 heterocycles. The van der Waals surface area contributed by atoms with Gasteiger partial charge in [0, 0.05) is 6.54 Å². The zero-order valence-electron chi connectivity index (χ0n) is 12.1. The maximum absolute atomic E-state index is 13.1. The van der Waals surface area contributed by atoms with E-state index in [-0.39, 0.29) is 11.8 Å². The number of rotatable bonds is 2. The zero-order chi connectivity index (χ0) is 14.9. The second kappa shape index (κ2) is 5.35. The summed E-state index contributed by atoms with van der Waals surface area (Å²) in [6, 6.07) is 7.29. The van der Waals surface area contributed by atoms with E-state index in [4.69, 9.17) is 0 Å². The molecule has 1 aromatic rings. The standard InChI is InChI=1S/C17H20N2O2/c1-2-12-19-14-9-5-4-8-13(14)15(20)18-17(16(19)21)10-6-3-7-11-17/h2,4-5,8-9H,1,3,6-7,10-12H2,(H,18,20). The molecule has 1 N–H and O–H groups in total. The zero-order valence-corrected chi connectivity index (χ0v) is 12.1. The van der Waals surface area contributed by atoms with Crippen molar-refractivity contribution in [1.82, 2.24) is 5.32 Å². The number of anilines is 1. The monoisotopic (exact) mass is 284 g/mol. The molecule has 0 aromatic heterocycles. The van der Waals surface area contributed by atoms with Gasteiger partial charge in [-0.25, -0.2) is 0 Å². The maximum atomic E-state index is 13.1. The summed E-state index contributed by atoms with van der Waals surface area (Å²) in [6.07, 6.45) is 6.23. The van der Waals surface area contributed by atoms with Crippen molar-refractivity contribution in [3.63, 3.8) is 0 Å². The lowest BCUT2D eigenvalue weighted by Gasteiger charge is -2.37. The first kappa shape index (κ1) is 13.9. The largest absolute Gasteiger partial charge is 0.338 e. The molecular formula is C17H20N2O2. The molecule has 1 spiro atoms. The highest BCUT2D eigenvalue weighted by molar-refractivity contribution is 6.12. The Labute approximate surface area is 124 Å². The van der Waals surface area contributed by atoms with Crippen LogP contribution in [0.25, 0.3) is 0 Å². The van der Waals surface area contributed by atoms with Crippen LogP contribution in [0, 0.1) is 0 Å². The Morgan fingerprint density at radius 1 is 1.19 bits per heavy atom. The van der Waals surface area contributed by atoms with Crippen LogP contribution in [0.4, 0.5) is 5.69 Å². The Morgan fingerprint density at radius 2 is 1.90 bits per heavy atom. The van der Waals surface area contributed by atoms with Gasteiger partial charge in [0.1, 0.15) is 5.54 Å². The maximum Gasteiger partial charge on any atom is 0.254 e. The molecule has 4 nitrogen and oxygen atoms in total. The van der Waals surface area contributed by atoms with Gasteiger partial charge in [-0.3, -0.25) is 9.59 Å². The molecule has 1 aliphatic heterocycles. The van der Waals surface area contributed by atoms with Crippen molar-refractivity contribution in [3.05, 3.63) is 42.5 Å². The fourth-order valence-electron chi connectivity index (χ4n) is 3.41. The number of hydrogen-bond acceptors (Lipinski definition) is 2. The predicted octanol–water partition coefficient (Wildman–Crippen LogP) is 2.65. The Balaban J connectivity index is 2.10. The fourth-order valence-corrected chi connectivity index (χ4v) is 3.41. The van der Waals surface area contributed by atoms with Crippen molar-refractivity contribution in [3.8, 4) is 0 Å². The van der Waals surface area contributed by atoms with Crippen molar-refractivity contribution < 1.29 is 9.59 Å². The first-order valence-electron chi connectivity index (χ1n) is 7.52. The van der Waals surface area contributed by atoms with Crippen molar-refractivity contribution in [2.75, 3.05) is 11.4 Å². The average molecular weight is 284 g/mol. The quantitative estimate of drug-likeness (QED) is 0.849. The second-order valence-corrected chi connectivity index (χ2v) is 5.82. The van der Waals surface area contributed by atoms with E-state index < -0.39 is 5.54 Å². The highest BCUT2D eigenvalue weighted by atomic mass is 16.2. The number of fused-ring (bicyclic) bond motifs is 1. The number of carbonyl (C=O) groups excluding carboxylic acids is 2. The minimum absolute atomic E-state index is 0.000370. The van der Waals surface area contributed by atoms with Gasteiger partial charge in [-0.05, 0) is 25.0 Å². The number of carbonyl (C=O) groups is 2. The van der Waals surface area contributed by atoms with Crippen molar-refractivity contribution >= 4 is 17.5 Å². The summed E-state index contributed by atoms with van der Waals surface area (Å²) in [5.74, 6) is -0.146. The predicted molar refractivity (Wildman–Crippen MR) is 82.3 cm³/mol. The van der Waals surface area contributed by atoms with E-state index in [9.17, 15) is 9.59 Å². The molecule has 3 rings (SSSR count). The number of benzene rings is 1. The van der Waals surface area contributed by atoms with Crippen molar-refractivity contribution in [1.29, 1.82) is 0 Å². The van der Waals surface area contributed by atoms with E-state index in [0.717, 1.165) is 32.1 Å². The number of para-hydroxylation sites is 1. The van der Waals surface area contributed by atoms with Crippen LogP contribution < -0.4 is 10.2 Å². The van der Waals surface area contributed by atoms with Crippen LogP contribution in [-0.2, 0) is 4.79 Å². The van der Waals surface area contributed by atoms with Gasteiger partial charge in [-0.1, -0.05) is 37.5 Å². The normalized spacial score (nSPS) is 20.7. The van der Waals surface area contributed by atoms with Gasteiger partial charge >= 0.3 is 0 Å². The number of amides is 2. The van der Waals surface area contributed by atoms with Gasteiger partial charge in [-0.15, -0.1) is 6.58 Å². The summed E-state index contributed by atoms with van der Waals surface area (Å²) < 4.78 is 0. The first-order chi connectivity index (χ1) is 10.2. The summed E-state index contributed by atoms with van der Waals surface area (Å²) in [5.41, 5.74) is 0.509. The van der Waals surface area contributed by atoms with Gasteiger partial charge in [0.2, 0.25) is 0 Å². The molecule has 2 amide bonds. The van der Waals surface area contributed by atoms with Crippen LogP contribution in [0.2, 0.25) is 0 Å². The summed E-state index contributed by atoms with van der Waals surface area (Å²) in [4.78, 5) is 27.3. The topological polar surface area (TPSA) is 49.4 Å². The van der Waals surface area contributed by atoms with Gasteiger partial charge in [-0.2, -0.15) is 0 Å². The van der Waals surface area contributed by atoms with E-state index in [1.807, 2.05) is 18.2 Å². The van der Waals surface area contributed by atoms with Crippen molar-refractivity contribution in [2.24, 2.45) is 0 Å². The SMILES string of the molecule is C=CCN1C(=O)C2(CCCCC2)NC(=O)c2ccccc21. The Kier molecular flexibility index (Phi) is 3.53. The lowest BCUT2D eigenvalue weighted by molar-refractivity contribution is -0.125. The first-order valence-corrected chi connectivity index (χ1v) is 7.52. The molecule has 0 bridgehead atoms. The van der Waals surface area contributed by atoms with Gasteiger partial charge in [0.25, 0.3) is 11.8 Å². The number of nitrogens with one attached hydrogen (secondary N) is 1.